The van der Waals surface area contributed by atoms with E-state index in [2.05, 4.69) is 5.16 Å². The van der Waals surface area contributed by atoms with Crippen molar-refractivity contribution in [3.05, 3.63) is 30.0 Å². The minimum atomic E-state index is -0.749. The molecule has 1 heterocycles. The minimum Gasteiger partial charge on any atom is -0.447 e. The molecule has 0 saturated carbocycles. The van der Waals surface area contributed by atoms with Crippen LogP contribution in [0.25, 0.3) is 11.0 Å². The largest absolute Gasteiger partial charge is 0.447 e. The molecule has 0 unspecified atom stereocenters. The summed E-state index contributed by atoms with van der Waals surface area (Å²) in [5, 5.41) is 13.1. The highest BCUT2D eigenvalue weighted by atomic mass is 16.5. The number of fused-ring (bicyclic) bond motifs is 1. The molecule has 0 bridgehead atoms. The van der Waals surface area contributed by atoms with Crippen molar-refractivity contribution in [2.45, 2.75) is 19.4 Å². The molecule has 0 radical (unpaired) electrons. The molecule has 1 aromatic heterocycles. The highest BCUT2D eigenvalue weighted by Crippen LogP contribution is 2.18. The maximum Gasteiger partial charge on any atom is 0.313 e. The summed E-state index contributed by atoms with van der Waals surface area (Å²) in [6, 6.07) is 9.09. The van der Waals surface area contributed by atoms with Crippen LogP contribution in [0.5, 0.6) is 0 Å². The van der Waals surface area contributed by atoms with Crippen LogP contribution in [-0.2, 0) is 16.0 Å². The number of nitrogens with zero attached hydrogens (tertiary/aromatic N) is 2. The Morgan fingerprint density at radius 3 is 3.12 bits per heavy atom. The molecule has 0 spiro atoms. The number of hydrogen-bond donors (Lipinski definition) is 0. The summed E-state index contributed by atoms with van der Waals surface area (Å²) < 4.78 is 9.90. The summed E-state index contributed by atoms with van der Waals surface area (Å²) in [5.74, 6) is -0.488. The van der Waals surface area contributed by atoms with Crippen LogP contribution in [0.2, 0.25) is 0 Å². The van der Waals surface area contributed by atoms with E-state index < -0.39 is 12.1 Å². The van der Waals surface area contributed by atoms with Crippen molar-refractivity contribution in [3.8, 4) is 6.07 Å². The van der Waals surface area contributed by atoms with Gasteiger partial charge in [-0.25, -0.2) is 0 Å². The molecule has 0 aliphatic rings. The number of carbonyl (C=O) groups excluding carboxylic acids is 1. The van der Waals surface area contributed by atoms with Gasteiger partial charge < -0.3 is 9.26 Å². The first-order chi connectivity index (χ1) is 8.20. The van der Waals surface area contributed by atoms with Crippen LogP contribution < -0.4 is 0 Å². The fourth-order valence-corrected chi connectivity index (χ4v) is 1.47. The van der Waals surface area contributed by atoms with Crippen molar-refractivity contribution < 1.29 is 14.1 Å². The number of benzene rings is 1. The van der Waals surface area contributed by atoms with Crippen molar-refractivity contribution in [1.82, 2.24) is 5.16 Å². The van der Waals surface area contributed by atoms with Crippen molar-refractivity contribution in [3.63, 3.8) is 0 Å². The van der Waals surface area contributed by atoms with Gasteiger partial charge in [-0.15, -0.1) is 0 Å². The topological polar surface area (TPSA) is 76.1 Å². The second kappa shape index (κ2) is 4.66. The lowest BCUT2D eigenvalue weighted by molar-refractivity contribution is -0.145. The van der Waals surface area contributed by atoms with E-state index >= 15 is 0 Å². The fraction of sp³-hybridized carbons (Fsp3) is 0.250. The summed E-state index contributed by atoms with van der Waals surface area (Å²) in [7, 11) is 0. The average molecular weight is 230 g/mol. The molecule has 17 heavy (non-hydrogen) atoms. The molecular formula is C12H10N2O3. The van der Waals surface area contributed by atoms with Crippen molar-refractivity contribution >= 4 is 16.9 Å². The number of aromatic nitrogens is 1. The Morgan fingerprint density at radius 1 is 1.59 bits per heavy atom. The first-order valence-electron chi connectivity index (χ1n) is 5.13. The minimum absolute atomic E-state index is 0.00301. The van der Waals surface area contributed by atoms with Gasteiger partial charge in [-0.3, -0.25) is 4.79 Å². The Morgan fingerprint density at radius 2 is 2.35 bits per heavy atom. The maximum absolute atomic E-state index is 11.5. The number of hydrogen-bond acceptors (Lipinski definition) is 5. The molecule has 0 N–H and O–H groups in total. The van der Waals surface area contributed by atoms with Gasteiger partial charge >= 0.3 is 5.97 Å². The van der Waals surface area contributed by atoms with Crippen LogP contribution in [0.4, 0.5) is 0 Å². The lowest BCUT2D eigenvalue weighted by atomic mass is 10.2. The average Bonchev–Trinajstić information content (AvgIpc) is 2.72. The van der Waals surface area contributed by atoms with Crippen molar-refractivity contribution in [2.24, 2.45) is 0 Å². The summed E-state index contributed by atoms with van der Waals surface area (Å²) in [5.41, 5.74) is 1.15. The first-order valence-corrected chi connectivity index (χ1v) is 5.13. The molecule has 1 aromatic carbocycles. The molecule has 1 atom stereocenters. The quantitative estimate of drug-likeness (QED) is 0.752. The van der Waals surface area contributed by atoms with Crippen LogP contribution in [0.1, 0.15) is 12.6 Å². The van der Waals surface area contributed by atoms with E-state index in [4.69, 9.17) is 14.5 Å². The van der Waals surface area contributed by atoms with Crippen molar-refractivity contribution in [1.29, 1.82) is 5.26 Å². The van der Waals surface area contributed by atoms with Gasteiger partial charge in [-0.05, 0) is 19.1 Å². The van der Waals surface area contributed by atoms with Crippen LogP contribution >= 0.6 is 0 Å². The van der Waals surface area contributed by atoms with Gasteiger partial charge in [-0.1, -0.05) is 17.3 Å². The highest BCUT2D eigenvalue weighted by Gasteiger charge is 2.14. The van der Waals surface area contributed by atoms with Gasteiger partial charge in [0.1, 0.15) is 11.8 Å². The molecule has 86 valence electrons. The molecule has 0 saturated heterocycles. The van der Waals surface area contributed by atoms with Gasteiger partial charge in [0.15, 0.2) is 11.7 Å². The van der Waals surface area contributed by atoms with Crippen LogP contribution in [0, 0.1) is 11.3 Å². The number of ether oxygens (including phenoxy) is 1. The number of carbonyl (C=O) groups is 1. The molecule has 0 fully saturated rings. The zero-order valence-corrected chi connectivity index (χ0v) is 9.21. The third kappa shape index (κ3) is 2.42. The molecule has 5 nitrogen and oxygen atoms in total. The van der Waals surface area contributed by atoms with E-state index in [9.17, 15) is 4.79 Å². The standard InChI is InChI=1S/C12H10N2O3/c1-8(7-13)16-12(15)6-10-9-4-2-3-5-11(9)17-14-10/h2-5,8H,6H2,1H3/t8-/m0/s1. The third-order valence-corrected chi connectivity index (χ3v) is 2.25. The number of nitriles is 1. The Bertz CT molecular complexity index is 583. The van der Waals surface area contributed by atoms with E-state index in [1.807, 2.05) is 24.3 Å². The fourth-order valence-electron chi connectivity index (χ4n) is 1.47. The van der Waals surface area contributed by atoms with Gasteiger partial charge in [0.25, 0.3) is 0 Å². The Hall–Kier alpha value is -2.35. The van der Waals surface area contributed by atoms with E-state index in [-0.39, 0.29) is 6.42 Å². The normalized spacial score (nSPS) is 12.0. The Balaban J connectivity index is 2.14. The number of para-hydroxylation sites is 1. The zero-order valence-electron chi connectivity index (χ0n) is 9.21. The summed E-state index contributed by atoms with van der Waals surface area (Å²) in [6.07, 6.45) is -0.746. The molecule has 5 heteroatoms. The van der Waals surface area contributed by atoms with Crippen LogP contribution in [0.15, 0.2) is 28.8 Å². The lowest BCUT2D eigenvalue weighted by Crippen LogP contribution is -2.15. The van der Waals surface area contributed by atoms with Crippen LogP contribution in [0.3, 0.4) is 0 Å². The molecular weight excluding hydrogens is 220 g/mol. The lowest BCUT2D eigenvalue weighted by Gasteiger charge is -2.03. The van der Waals surface area contributed by atoms with Gasteiger partial charge in [0, 0.05) is 5.39 Å². The first kappa shape index (κ1) is 11.1. The molecule has 0 amide bonds. The SMILES string of the molecule is C[C@@H](C#N)OC(=O)Cc1noc2ccccc12. The van der Waals surface area contributed by atoms with Gasteiger partial charge in [0.05, 0.1) is 6.42 Å². The monoisotopic (exact) mass is 230 g/mol. The van der Waals surface area contributed by atoms with Gasteiger partial charge in [-0.2, -0.15) is 5.26 Å². The predicted molar refractivity (Wildman–Crippen MR) is 58.9 cm³/mol. The van der Waals surface area contributed by atoms with Gasteiger partial charge in [0.2, 0.25) is 0 Å². The molecule has 0 aliphatic carbocycles. The zero-order chi connectivity index (χ0) is 12.3. The van der Waals surface area contributed by atoms with E-state index in [0.29, 0.717) is 11.3 Å². The van der Waals surface area contributed by atoms with E-state index in [0.717, 1.165) is 5.39 Å². The Kier molecular flexibility index (Phi) is 3.06. The van der Waals surface area contributed by atoms with Crippen molar-refractivity contribution in [2.75, 3.05) is 0 Å². The summed E-state index contributed by atoms with van der Waals surface area (Å²) in [6.45, 7) is 1.51. The molecule has 2 rings (SSSR count). The highest BCUT2D eigenvalue weighted by molar-refractivity contribution is 5.84. The summed E-state index contributed by atoms with van der Waals surface area (Å²) in [4.78, 5) is 11.5. The molecule has 0 aliphatic heterocycles. The second-order valence-corrected chi connectivity index (χ2v) is 3.56. The molecule has 2 aromatic rings. The van der Waals surface area contributed by atoms with E-state index in [1.165, 1.54) is 6.92 Å². The summed E-state index contributed by atoms with van der Waals surface area (Å²) >= 11 is 0. The predicted octanol–water partition coefficient (Wildman–Crippen LogP) is 1.83. The van der Waals surface area contributed by atoms with E-state index in [1.54, 1.807) is 6.07 Å². The number of esters is 1. The smallest absolute Gasteiger partial charge is 0.313 e. The number of rotatable bonds is 3. The van der Waals surface area contributed by atoms with Crippen LogP contribution in [-0.4, -0.2) is 17.2 Å². The Labute approximate surface area is 97.6 Å². The second-order valence-electron chi connectivity index (χ2n) is 3.56. The maximum atomic E-state index is 11.5. The third-order valence-electron chi connectivity index (χ3n) is 2.25.